The van der Waals surface area contributed by atoms with Crippen molar-refractivity contribution in [3.05, 3.63) is 65.5 Å². The van der Waals surface area contributed by atoms with Crippen molar-refractivity contribution in [1.82, 2.24) is 14.7 Å². The van der Waals surface area contributed by atoms with E-state index in [1.54, 1.807) is 25.2 Å². The van der Waals surface area contributed by atoms with Crippen LogP contribution >= 0.6 is 0 Å². The van der Waals surface area contributed by atoms with Crippen LogP contribution in [0.5, 0.6) is 0 Å². The third kappa shape index (κ3) is 2.67. The van der Waals surface area contributed by atoms with Crippen LogP contribution in [0.2, 0.25) is 0 Å². The fraction of sp³-hybridized carbons (Fsp3) is 0.318. The Labute approximate surface area is 174 Å². The number of urea groups is 1. The van der Waals surface area contributed by atoms with Crippen LogP contribution in [0.25, 0.3) is 0 Å². The third-order valence-electron chi connectivity index (χ3n) is 6.07. The molecule has 30 heavy (non-hydrogen) atoms. The van der Waals surface area contributed by atoms with Crippen LogP contribution < -0.4 is 4.90 Å². The van der Waals surface area contributed by atoms with Gasteiger partial charge in [-0.25, -0.2) is 14.2 Å². The Morgan fingerprint density at radius 1 is 1.07 bits per heavy atom. The van der Waals surface area contributed by atoms with E-state index in [4.69, 9.17) is 4.99 Å². The van der Waals surface area contributed by atoms with Gasteiger partial charge in [-0.15, -0.1) is 0 Å². The maximum atomic E-state index is 14.2. The molecule has 2 saturated heterocycles. The predicted octanol–water partition coefficient (Wildman–Crippen LogP) is 2.41. The molecule has 0 saturated carbocycles. The molecule has 5 rings (SSSR count). The van der Waals surface area contributed by atoms with Gasteiger partial charge in [0.15, 0.2) is 12.2 Å². The first-order valence-corrected chi connectivity index (χ1v) is 9.96. The van der Waals surface area contributed by atoms with Crippen LogP contribution in [-0.4, -0.2) is 64.9 Å². The molecule has 3 aliphatic rings. The number of benzene rings is 2. The Kier molecular flexibility index (Phi) is 4.23. The number of anilines is 1. The second-order valence-corrected chi connectivity index (χ2v) is 7.83. The Morgan fingerprint density at radius 3 is 2.57 bits per heavy atom. The van der Waals surface area contributed by atoms with Crippen LogP contribution in [0.1, 0.15) is 11.1 Å². The molecule has 2 unspecified atom stereocenters. The van der Waals surface area contributed by atoms with E-state index in [-0.39, 0.29) is 12.5 Å². The van der Waals surface area contributed by atoms with Gasteiger partial charge in [0.05, 0.1) is 6.54 Å². The van der Waals surface area contributed by atoms with Crippen molar-refractivity contribution in [2.24, 2.45) is 4.99 Å². The third-order valence-corrected chi connectivity index (χ3v) is 6.07. The van der Waals surface area contributed by atoms with Crippen molar-refractivity contribution in [3.8, 4) is 0 Å². The monoisotopic (exact) mass is 407 g/mol. The number of para-hydroxylation sites is 1. The summed E-state index contributed by atoms with van der Waals surface area (Å²) in [6.07, 6.45) is -0.580. The van der Waals surface area contributed by atoms with Crippen molar-refractivity contribution < 1.29 is 14.0 Å². The Morgan fingerprint density at radius 2 is 1.80 bits per heavy atom. The summed E-state index contributed by atoms with van der Waals surface area (Å²) in [4.78, 5) is 37.7. The molecule has 0 radical (unpaired) electrons. The van der Waals surface area contributed by atoms with Crippen LogP contribution in [-0.2, 0) is 11.3 Å². The van der Waals surface area contributed by atoms with E-state index in [0.29, 0.717) is 24.6 Å². The van der Waals surface area contributed by atoms with Crippen molar-refractivity contribution in [2.75, 3.05) is 25.0 Å². The lowest BCUT2D eigenvalue weighted by Crippen LogP contribution is -2.64. The summed E-state index contributed by atoms with van der Waals surface area (Å²) in [6, 6.07) is 13.2. The lowest BCUT2D eigenvalue weighted by molar-refractivity contribution is -0.137. The quantitative estimate of drug-likeness (QED) is 0.784. The largest absolute Gasteiger partial charge is 0.328 e. The Bertz CT molecular complexity index is 1070. The fourth-order valence-electron chi connectivity index (χ4n) is 4.47. The molecule has 2 atom stereocenters. The second-order valence-electron chi connectivity index (χ2n) is 7.83. The number of likely N-dealkylation sites (N-methyl/N-ethyl adjacent to an activating group) is 1. The van der Waals surface area contributed by atoms with E-state index < -0.39 is 24.1 Å². The molecule has 3 aliphatic heterocycles. The van der Waals surface area contributed by atoms with Gasteiger partial charge in [0, 0.05) is 31.4 Å². The predicted molar refractivity (Wildman–Crippen MR) is 110 cm³/mol. The molecule has 2 fully saturated rings. The van der Waals surface area contributed by atoms with Gasteiger partial charge >= 0.3 is 6.03 Å². The van der Waals surface area contributed by atoms with Gasteiger partial charge < -0.3 is 14.7 Å². The standard InChI is InChI=1S/C22H22FN5O2/c1-14-7-3-6-10-17(14)26-11-12-27-18-19(24-21(26)27)25(2)22(30)28(20(18)29)13-15-8-4-5-9-16(15)23/h3-10,18-19H,11-13H2,1-2H3. The van der Waals surface area contributed by atoms with E-state index >= 15 is 0 Å². The zero-order valence-corrected chi connectivity index (χ0v) is 16.8. The molecule has 0 bridgehead atoms. The Balaban J connectivity index is 1.46. The first-order valence-electron chi connectivity index (χ1n) is 9.96. The summed E-state index contributed by atoms with van der Waals surface area (Å²) in [6.45, 7) is 3.29. The number of rotatable bonds is 3. The van der Waals surface area contributed by atoms with E-state index in [2.05, 4.69) is 4.90 Å². The molecular formula is C22H22FN5O2. The van der Waals surface area contributed by atoms with Crippen molar-refractivity contribution in [2.45, 2.75) is 25.7 Å². The van der Waals surface area contributed by atoms with Crippen LogP contribution in [0, 0.1) is 12.7 Å². The molecule has 3 heterocycles. The Hall–Kier alpha value is -3.42. The van der Waals surface area contributed by atoms with Gasteiger partial charge in [0.25, 0.3) is 5.91 Å². The number of fused-ring (bicyclic) bond motifs is 3. The molecule has 154 valence electrons. The topological polar surface area (TPSA) is 59.5 Å². The summed E-state index contributed by atoms with van der Waals surface area (Å²) >= 11 is 0. The zero-order valence-electron chi connectivity index (χ0n) is 16.8. The molecular weight excluding hydrogens is 385 g/mol. The number of carbonyl (C=O) groups excluding carboxylic acids is 2. The highest BCUT2D eigenvalue weighted by Gasteiger charge is 2.54. The maximum Gasteiger partial charge on any atom is 0.328 e. The molecule has 0 aromatic heterocycles. The zero-order chi connectivity index (χ0) is 21.0. The number of aryl methyl sites for hydroxylation is 1. The average Bonchev–Trinajstić information content (AvgIpc) is 3.31. The highest BCUT2D eigenvalue weighted by molar-refractivity contribution is 6.08. The number of imide groups is 1. The number of amides is 3. The molecule has 0 N–H and O–H groups in total. The van der Waals surface area contributed by atoms with Crippen molar-refractivity contribution in [1.29, 1.82) is 0 Å². The van der Waals surface area contributed by atoms with Gasteiger partial charge in [-0.3, -0.25) is 9.69 Å². The molecule has 2 aromatic carbocycles. The molecule has 0 spiro atoms. The molecule has 0 aliphatic carbocycles. The summed E-state index contributed by atoms with van der Waals surface area (Å²) < 4.78 is 14.2. The highest BCUT2D eigenvalue weighted by Crippen LogP contribution is 2.34. The minimum absolute atomic E-state index is 0.0947. The number of guanidine groups is 1. The number of hydrogen-bond donors (Lipinski definition) is 0. The molecule has 7 nitrogen and oxygen atoms in total. The number of halogens is 1. The first kappa shape index (κ1) is 18.6. The van der Waals surface area contributed by atoms with Gasteiger partial charge in [-0.1, -0.05) is 36.4 Å². The van der Waals surface area contributed by atoms with E-state index in [1.165, 1.54) is 11.0 Å². The maximum absolute atomic E-state index is 14.2. The molecule has 3 amide bonds. The highest BCUT2D eigenvalue weighted by atomic mass is 19.1. The minimum atomic E-state index is -0.594. The number of nitrogens with zero attached hydrogens (tertiary/aromatic N) is 5. The number of hydrogen-bond acceptors (Lipinski definition) is 5. The summed E-state index contributed by atoms with van der Waals surface area (Å²) in [5.41, 5.74) is 2.48. The first-order chi connectivity index (χ1) is 14.5. The minimum Gasteiger partial charge on any atom is -0.325 e. The van der Waals surface area contributed by atoms with E-state index in [0.717, 1.165) is 16.2 Å². The smallest absolute Gasteiger partial charge is 0.325 e. The van der Waals surface area contributed by atoms with Gasteiger partial charge in [-0.05, 0) is 24.6 Å². The van der Waals surface area contributed by atoms with Gasteiger partial charge in [0.1, 0.15) is 5.82 Å². The number of carbonyl (C=O) groups is 2. The summed E-state index contributed by atoms with van der Waals surface area (Å²) in [5.74, 6) is -0.0603. The lowest BCUT2D eigenvalue weighted by atomic mass is 10.1. The van der Waals surface area contributed by atoms with E-state index in [9.17, 15) is 14.0 Å². The molecule has 8 heteroatoms. The second kappa shape index (κ2) is 6.83. The average molecular weight is 407 g/mol. The summed E-state index contributed by atoms with van der Waals surface area (Å²) in [5, 5.41) is 0. The normalized spacial score (nSPS) is 23.1. The van der Waals surface area contributed by atoms with Gasteiger partial charge in [0.2, 0.25) is 5.96 Å². The van der Waals surface area contributed by atoms with Crippen molar-refractivity contribution in [3.63, 3.8) is 0 Å². The van der Waals surface area contributed by atoms with Crippen LogP contribution in [0.3, 0.4) is 0 Å². The fourth-order valence-corrected chi connectivity index (χ4v) is 4.47. The van der Waals surface area contributed by atoms with Gasteiger partial charge in [-0.2, -0.15) is 0 Å². The molecule has 2 aromatic rings. The number of aliphatic imine (C=N–C) groups is 1. The van der Waals surface area contributed by atoms with Crippen LogP contribution in [0.4, 0.5) is 14.9 Å². The lowest BCUT2D eigenvalue weighted by Gasteiger charge is -2.40. The van der Waals surface area contributed by atoms with Crippen molar-refractivity contribution >= 4 is 23.6 Å². The van der Waals surface area contributed by atoms with Crippen LogP contribution in [0.15, 0.2) is 53.5 Å². The summed E-state index contributed by atoms with van der Waals surface area (Å²) in [7, 11) is 1.64. The van der Waals surface area contributed by atoms with E-state index in [1.807, 2.05) is 36.1 Å². The SMILES string of the molecule is Cc1ccccc1N1CCN2C1=NC1C2C(=O)N(Cc2ccccc2F)C(=O)N1C.